The van der Waals surface area contributed by atoms with Crippen molar-refractivity contribution in [1.82, 2.24) is 10.2 Å². The molecule has 0 bridgehead atoms. The number of hydrogen-bond donors (Lipinski definition) is 1. The summed E-state index contributed by atoms with van der Waals surface area (Å²) < 4.78 is 4.45. The molecule has 0 aliphatic rings. The van der Waals surface area contributed by atoms with Crippen LogP contribution in [0.2, 0.25) is 0 Å². The molecule has 0 aromatic heterocycles. The Morgan fingerprint density at radius 2 is 1.84 bits per heavy atom. The molecule has 0 fully saturated rings. The SMILES string of the molecule is COC(=O)CN(C)C(=O)CNC(=O)c1ccccc1. The molecule has 1 N–H and O–H groups in total. The minimum Gasteiger partial charge on any atom is -0.468 e. The molecule has 0 atom stereocenters. The van der Waals surface area contributed by atoms with Gasteiger partial charge in [-0.2, -0.15) is 0 Å². The largest absolute Gasteiger partial charge is 0.468 e. The second kappa shape index (κ2) is 7.15. The van der Waals surface area contributed by atoms with E-state index in [9.17, 15) is 14.4 Å². The van der Waals surface area contributed by atoms with E-state index in [1.54, 1.807) is 30.3 Å². The van der Waals surface area contributed by atoms with Crippen LogP contribution < -0.4 is 5.32 Å². The number of nitrogens with one attached hydrogen (secondary N) is 1. The van der Waals surface area contributed by atoms with Gasteiger partial charge in [0.2, 0.25) is 5.91 Å². The van der Waals surface area contributed by atoms with Gasteiger partial charge in [0.25, 0.3) is 5.91 Å². The number of rotatable bonds is 5. The molecule has 6 nitrogen and oxygen atoms in total. The van der Waals surface area contributed by atoms with E-state index in [1.165, 1.54) is 19.1 Å². The second-order valence-electron chi connectivity index (χ2n) is 3.87. The first-order valence-corrected chi connectivity index (χ1v) is 5.68. The van der Waals surface area contributed by atoms with Crippen LogP contribution in [0.4, 0.5) is 0 Å². The van der Waals surface area contributed by atoms with Crippen LogP contribution >= 0.6 is 0 Å². The number of carbonyl (C=O) groups excluding carboxylic acids is 3. The summed E-state index contributed by atoms with van der Waals surface area (Å²) in [4.78, 5) is 35.5. The molecule has 0 heterocycles. The van der Waals surface area contributed by atoms with Crippen molar-refractivity contribution in [2.45, 2.75) is 0 Å². The Balaban J connectivity index is 2.42. The van der Waals surface area contributed by atoms with E-state index in [4.69, 9.17) is 0 Å². The highest BCUT2D eigenvalue weighted by Crippen LogP contribution is 1.97. The topological polar surface area (TPSA) is 75.7 Å². The van der Waals surface area contributed by atoms with Crippen molar-refractivity contribution in [2.24, 2.45) is 0 Å². The highest BCUT2D eigenvalue weighted by atomic mass is 16.5. The fraction of sp³-hybridized carbons (Fsp3) is 0.308. The lowest BCUT2D eigenvalue weighted by molar-refractivity contribution is -0.145. The Morgan fingerprint density at radius 3 is 2.42 bits per heavy atom. The normalized spacial score (nSPS) is 9.58. The van der Waals surface area contributed by atoms with E-state index in [1.807, 2.05) is 0 Å². The number of nitrogens with zero attached hydrogens (tertiary/aromatic N) is 1. The number of esters is 1. The predicted octanol–water partition coefficient (Wildman–Crippen LogP) is 0.0478. The van der Waals surface area contributed by atoms with E-state index in [2.05, 4.69) is 10.1 Å². The Kier molecular flexibility index (Phi) is 5.53. The first kappa shape index (κ1) is 14.7. The summed E-state index contributed by atoms with van der Waals surface area (Å²) in [5, 5.41) is 2.49. The highest BCUT2D eigenvalue weighted by Gasteiger charge is 2.14. The van der Waals surface area contributed by atoms with Gasteiger partial charge in [-0.1, -0.05) is 18.2 Å². The summed E-state index contributed by atoms with van der Waals surface area (Å²) in [7, 11) is 2.71. The average Bonchev–Trinajstić information content (AvgIpc) is 2.44. The fourth-order valence-corrected chi connectivity index (χ4v) is 1.33. The molecule has 0 saturated heterocycles. The molecule has 102 valence electrons. The maximum absolute atomic E-state index is 11.7. The van der Waals surface area contributed by atoms with Crippen LogP contribution in [0.25, 0.3) is 0 Å². The van der Waals surface area contributed by atoms with Crippen molar-refractivity contribution < 1.29 is 19.1 Å². The third-order valence-corrected chi connectivity index (χ3v) is 2.46. The lowest BCUT2D eigenvalue weighted by Crippen LogP contribution is -2.40. The van der Waals surface area contributed by atoms with Gasteiger partial charge in [-0.15, -0.1) is 0 Å². The maximum Gasteiger partial charge on any atom is 0.325 e. The van der Waals surface area contributed by atoms with Crippen LogP contribution in [-0.2, 0) is 14.3 Å². The molecule has 0 saturated carbocycles. The van der Waals surface area contributed by atoms with Gasteiger partial charge in [-0.3, -0.25) is 14.4 Å². The van der Waals surface area contributed by atoms with E-state index < -0.39 is 5.97 Å². The van der Waals surface area contributed by atoms with Crippen LogP contribution in [0.3, 0.4) is 0 Å². The second-order valence-corrected chi connectivity index (χ2v) is 3.87. The van der Waals surface area contributed by atoms with Crippen LogP contribution in [-0.4, -0.2) is 49.9 Å². The van der Waals surface area contributed by atoms with Gasteiger partial charge in [-0.05, 0) is 12.1 Å². The summed E-state index contributed by atoms with van der Waals surface area (Å²) in [6, 6.07) is 8.57. The predicted molar refractivity (Wildman–Crippen MR) is 68.4 cm³/mol. The maximum atomic E-state index is 11.7. The van der Waals surface area contributed by atoms with Crippen molar-refractivity contribution in [3.8, 4) is 0 Å². The summed E-state index contributed by atoms with van der Waals surface area (Å²) in [6.45, 7) is -0.308. The van der Waals surface area contributed by atoms with Crippen molar-refractivity contribution in [3.63, 3.8) is 0 Å². The van der Waals surface area contributed by atoms with Gasteiger partial charge in [-0.25, -0.2) is 0 Å². The molecule has 1 aromatic rings. The Hall–Kier alpha value is -2.37. The third kappa shape index (κ3) is 4.79. The van der Waals surface area contributed by atoms with Crippen molar-refractivity contribution in [1.29, 1.82) is 0 Å². The van der Waals surface area contributed by atoms with E-state index in [-0.39, 0.29) is 24.9 Å². The van der Waals surface area contributed by atoms with Gasteiger partial charge in [0, 0.05) is 12.6 Å². The third-order valence-electron chi connectivity index (χ3n) is 2.46. The van der Waals surface area contributed by atoms with E-state index >= 15 is 0 Å². The molecule has 1 aromatic carbocycles. The zero-order chi connectivity index (χ0) is 14.3. The van der Waals surface area contributed by atoms with Gasteiger partial charge < -0.3 is 15.0 Å². The number of carbonyl (C=O) groups is 3. The molecular formula is C13H16N2O4. The van der Waals surface area contributed by atoms with Gasteiger partial charge in [0.05, 0.1) is 13.7 Å². The number of ether oxygens (including phenoxy) is 1. The Morgan fingerprint density at radius 1 is 1.21 bits per heavy atom. The number of methoxy groups -OCH3 is 1. The van der Waals surface area contributed by atoms with Gasteiger partial charge >= 0.3 is 5.97 Å². The van der Waals surface area contributed by atoms with Gasteiger partial charge in [0.15, 0.2) is 0 Å². The van der Waals surface area contributed by atoms with Crippen LogP contribution in [0, 0.1) is 0 Å². The minimum absolute atomic E-state index is 0.142. The molecule has 0 aliphatic carbocycles. The molecule has 6 heteroatoms. The number of likely N-dealkylation sites (N-methyl/N-ethyl adjacent to an activating group) is 1. The molecular weight excluding hydrogens is 248 g/mol. The summed E-state index contributed by atoms with van der Waals surface area (Å²) >= 11 is 0. The molecule has 0 aliphatic heterocycles. The monoisotopic (exact) mass is 264 g/mol. The number of amides is 2. The van der Waals surface area contributed by atoms with E-state index in [0.717, 1.165) is 0 Å². The Labute approximate surface area is 111 Å². The summed E-state index contributed by atoms with van der Waals surface area (Å²) in [5.74, 6) is -1.21. The van der Waals surface area contributed by atoms with Crippen LogP contribution in [0.1, 0.15) is 10.4 Å². The molecule has 2 amide bonds. The molecule has 0 spiro atoms. The summed E-state index contributed by atoms with van der Waals surface area (Å²) in [6.07, 6.45) is 0. The lowest BCUT2D eigenvalue weighted by Gasteiger charge is -2.15. The fourth-order valence-electron chi connectivity index (χ4n) is 1.33. The zero-order valence-corrected chi connectivity index (χ0v) is 10.9. The van der Waals surface area contributed by atoms with Crippen LogP contribution in [0.15, 0.2) is 30.3 Å². The quantitative estimate of drug-likeness (QED) is 0.762. The van der Waals surface area contributed by atoms with Crippen molar-refractivity contribution in [3.05, 3.63) is 35.9 Å². The standard InChI is InChI=1S/C13H16N2O4/c1-15(9-12(17)19-2)11(16)8-14-13(18)10-6-4-3-5-7-10/h3-7H,8-9H2,1-2H3,(H,14,18). The van der Waals surface area contributed by atoms with Crippen LogP contribution in [0.5, 0.6) is 0 Å². The number of benzene rings is 1. The zero-order valence-electron chi connectivity index (χ0n) is 10.9. The van der Waals surface area contributed by atoms with E-state index in [0.29, 0.717) is 5.56 Å². The first-order chi connectivity index (χ1) is 9.04. The number of hydrogen-bond acceptors (Lipinski definition) is 4. The summed E-state index contributed by atoms with van der Waals surface area (Å²) in [5.41, 5.74) is 0.478. The van der Waals surface area contributed by atoms with Gasteiger partial charge in [0.1, 0.15) is 6.54 Å². The van der Waals surface area contributed by atoms with Crippen molar-refractivity contribution >= 4 is 17.8 Å². The first-order valence-electron chi connectivity index (χ1n) is 5.68. The lowest BCUT2D eigenvalue weighted by atomic mass is 10.2. The highest BCUT2D eigenvalue weighted by molar-refractivity contribution is 5.96. The average molecular weight is 264 g/mol. The molecule has 19 heavy (non-hydrogen) atoms. The smallest absolute Gasteiger partial charge is 0.325 e. The van der Waals surface area contributed by atoms with Crippen molar-refractivity contribution in [2.75, 3.05) is 27.2 Å². The molecule has 0 radical (unpaired) electrons. The molecule has 1 rings (SSSR count). The minimum atomic E-state index is -0.509. The Bertz CT molecular complexity index is 459. The molecule has 0 unspecified atom stereocenters.